The number of hydrogen-bond acceptors (Lipinski definition) is 3. The summed E-state index contributed by atoms with van der Waals surface area (Å²) >= 11 is 0. The number of unbranched alkanes of at least 4 members (excludes halogenated alkanes) is 2. The molecule has 0 atom stereocenters. The Hall–Kier alpha value is -1.91. The van der Waals surface area contributed by atoms with Gasteiger partial charge in [-0.05, 0) is 12.5 Å². The van der Waals surface area contributed by atoms with E-state index >= 15 is 0 Å². The fraction of sp³-hybridized carbons (Fsp3) is 0.462. The molecule has 0 bridgehead atoms. The number of carbonyl (C=O) groups is 2. The molecule has 0 fully saturated rings. The number of carboxylic acid groups (broad SMARTS) is 1. The van der Waals surface area contributed by atoms with Crippen LogP contribution in [0.4, 0.5) is 0 Å². The molecule has 0 saturated carbocycles. The fourth-order valence-electron chi connectivity index (χ4n) is 1.59. The second kappa shape index (κ2) is 6.74. The molecule has 0 spiro atoms. The minimum absolute atomic E-state index is 0.0304. The van der Waals surface area contributed by atoms with Crippen LogP contribution in [0.2, 0.25) is 0 Å². The summed E-state index contributed by atoms with van der Waals surface area (Å²) in [6.07, 6.45) is 5.75. The Morgan fingerprint density at radius 3 is 2.56 bits per heavy atom. The van der Waals surface area contributed by atoms with Crippen LogP contribution in [0.1, 0.15) is 46.9 Å². The Morgan fingerprint density at radius 1 is 1.28 bits per heavy atom. The smallest absolute Gasteiger partial charge is 0.337 e. The third-order valence-electron chi connectivity index (χ3n) is 2.68. The van der Waals surface area contributed by atoms with Crippen molar-refractivity contribution in [3.63, 3.8) is 0 Å². The molecule has 1 aromatic rings. The number of carboxylic acids is 1. The van der Waals surface area contributed by atoms with E-state index in [9.17, 15) is 9.59 Å². The summed E-state index contributed by atoms with van der Waals surface area (Å²) in [5.74, 6) is -1.27. The zero-order valence-electron chi connectivity index (χ0n) is 10.7. The van der Waals surface area contributed by atoms with Crippen LogP contribution < -0.4 is 0 Å². The lowest BCUT2D eigenvalue weighted by molar-refractivity contribution is 0.0696. The average Bonchev–Trinajstić information content (AvgIpc) is 2.38. The molecule has 5 heteroatoms. The first-order valence-electron chi connectivity index (χ1n) is 6.00. The van der Waals surface area contributed by atoms with Crippen molar-refractivity contribution in [2.24, 2.45) is 0 Å². The van der Waals surface area contributed by atoms with Crippen molar-refractivity contribution in [3.05, 3.63) is 29.6 Å². The number of nitrogens with zero attached hydrogens (tertiary/aromatic N) is 2. The molecule has 18 heavy (non-hydrogen) atoms. The molecule has 0 unspecified atom stereocenters. The predicted molar refractivity (Wildman–Crippen MR) is 67.7 cm³/mol. The van der Waals surface area contributed by atoms with Crippen LogP contribution in [0, 0.1) is 0 Å². The van der Waals surface area contributed by atoms with Crippen molar-refractivity contribution >= 4 is 11.9 Å². The van der Waals surface area contributed by atoms with Crippen LogP contribution >= 0.6 is 0 Å². The standard InChI is InChI=1S/C13H18N2O3/c1-3-4-5-6-15(2)12(16)10-7-11(13(17)18)9-14-8-10/h7-9H,3-6H2,1-2H3,(H,17,18). The zero-order chi connectivity index (χ0) is 13.5. The Kier molecular flexibility index (Phi) is 5.30. The molecule has 0 aliphatic heterocycles. The van der Waals surface area contributed by atoms with Crippen molar-refractivity contribution in [1.82, 2.24) is 9.88 Å². The molecule has 0 radical (unpaired) electrons. The highest BCUT2D eigenvalue weighted by Crippen LogP contribution is 2.07. The van der Waals surface area contributed by atoms with Crippen molar-refractivity contribution in [1.29, 1.82) is 0 Å². The first-order valence-corrected chi connectivity index (χ1v) is 6.00. The number of carbonyl (C=O) groups excluding carboxylic acids is 1. The van der Waals surface area contributed by atoms with Crippen molar-refractivity contribution in [3.8, 4) is 0 Å². The fourth-order valence-corrected chi connectivity index (χ4v) is 1.59. The summed E-state index contributed by atoms with van der Waals surface area (Å²) < 4.78 is 0. The monoisotopic (exact) mass is 250 g/mol. The predicted octanol–water partition coefficient (Wildman–Crippen LogP) is 2.04. The SMILES string of the molecule is CCCCCN(C)C(=O)c1cncc(C(=O)O)c1. The maximum atomic E-state index is 12.0. The van der Waals surface area contributed by atoms with E-state index in [1.807, 2.05) is 0 Å². The van der Waals surface area contributed by atoms with E-state index in [-0.39, 0.29) is 11.5 Å². The lowest BCUT2D eigenvalue weighted by Crippen LogP contribution is -2.28. The quantitative estimate of drug-likeness (QED) is 0.784. The third kappa shape index (κ3) is 3.84. The highest BCUT2D eigenvalue weighted by atomic mass is 16.4. The molecular weight excluding hydrogens is 232 g/mol. The molecule has 1 N–H and O–H groups in total. The van der Waals surface area contributed by atoms with E-state index in [1.54, 1.807) is 11.9 Å². The maximum absolute atomic E-state index is 12.0. The van der Waals surface area contributed by atoms with Gasteiger partial charge in [-0.25, -0.2) is 4.79 Å². The van der Waals surface area contributed by atoms with Crippen molar-refractivity contribution in [2.45, 2.75) is 26.2 Å². The molecule has 0 aliphatic rings. The van der Waals surface area contributed by atoms with Gasteiger partial charge in [0, 0.05) is 26.0 Å². The Bertz CT molecular complexity index is 432. The minimum atomic E-state index is -1.08. The average molecular weight is 250 g/mol. The molecule has 1 rings (SSSR count). The highest BCUT2D eigenvalue weighted by Gasteiger charge is 2.13. The van der Waals surface area contributed by atoms with Gasteiger partial charge in [-0.15, -0.1) is 0 Å². The summed E-state index contributed by atoms with van der Waals surface area (Å²) in [6.45, 7) is 2.77. The topological polar surface area (TPSA) is 70.5 Å². The molecule has 0 saturated heterocycles. The zero-order valence-corrected chi connectivity index (χ0v) is 10.7. The van der Waals surface area contributed by atoms with Gasteiger partial charge in [-0.2, -0.15) is 0 Å². The number of rotatable bonds is 6. The molecular formula is C13H18N2O3. The van der Waals surface area contributed by atoms with Gasteiger partial charge in [-0.1, -0.05) is 19.8 Å². The normalized spacial score (nSPS) is 10.1. The summed E-state index contributed by atoms with van der Waals surface area (Å²) in [7, 11) is 1.71. The number of aromatic nitrogens is 1. The van der Waals surface area contributed by atoms with Crippen LogP contribution in [0.3, 0.4) is 0 Å². The third-order valence-corrected chi connectivity index (χ3v) is 2.68. The van der Waals surface area contributed by atoms with Crippen LogP contribution in [0.15, 0.2) is 18.5 Å². The minimum Gasteiger partial charge on any atom is -0.478 e. The van der Waals surface area contributed by atoms with Crippen LogP contribution in [0.5, 0.6) is 0 Å². The molecule has 1 heterocycles. The van der Waals surface area contributed by atoms with Gasteiger partial charge in [0.05, 0.1) is 11.1 Å². The van der Waals surface area contributed by atoms with Crippen LogP contribution in [-0.2, 0) is 0 Å². The first kappa shape index (κ1) is 14.2. The number of aromatic carboxylic acids is 1. The van der Waals surface area contributed by atoms with E-state index in [0.717, 1.165) is 19.3 Å². The number of amides is 1. The van der Waals surface area contributed by atoms with Gasteiger partial charge in [0.1, 0.15) is 0 Å². The summed E-state index contributed by atoms with van der Waals surface area (Å²) in [5.41, 5.74) is 0.344. The van der Waals surface area contributed by atoms with Crippen molar-refractivity contribution < 1.29 is 14.7 Å². The van der Waals surface area contributed by atoms with E-state index in [0.29, 0.717) is 12.1 Å². The molecule has 5 nitrogen and oxygen atoms in total. The Morgan fingerprint density at radius 2 is 1.94 bits per heavy atom. The maximum Gasteiger partial charge on any atom is 0.337 e. The lowest BCUT2D eigenvalue weighted by atomic mass is 10.2. The Labute approximate surface area is 106 Å². The molecule has 0 aliphatic carbocycles. The van der Waals surface area contributed by atoms with Gasteiger partial charge in [0.2, 0.25) is 0 Å². The molecule has 0 aromatic carbocycles. The lowest BCUT2D eigenvalue weighted by Gasteiger charge is -2.16. The van der Waals surface area contributed by atoms with Gasteiger partial charge < -0.3 is 10.0 Å². The first-order chi connectivity index (χ1) is 8.56. The van der Waals surface area contributed by atoms with Gasteiger partial charge in [-0.3, -0.25) is 9.78 Å². The Balaban J connectivity index is 2.71. The molecule has 1 amide bonds. The van der Waals surface area contributed by atoms with Gasteiger partial charge in [0.15, 0.2) is 0 Å². The number of hydrogen-bond donors (Lipinski definition) is 1. The molecule has 98 valence electrons. The van der Waals surface area contributed by atoms with E-state index in [1.165, 1.54) is 18.5 Å². The highest BCUT2D eigenvalue weighted by molar-refractivity contribution is 5.96. The van der Waals surface area contributed by atoms with Gasteiger partial charge in [0.25, 0.3) is 5.91 Å². The summed E-state index contributed by atoms with van der Waals surface area (Å²) in [4.78, 5) is 28.2. The number of pyridine rings is 1. The van der Waals surface area contributed by atoms with E-state index in [2.05, 4.69) is 11.9 Å². The summed E-state index contributed by atoms with van der Waals surface area (Å²) in [6, 6.07) is 1.36. The van der Waals surface area contributed by atoms with Crippen LogP contribution in [0.25, 0.3) is 0 Å². The summed E-state index contributed by atoms with van der Waals surface area (Å²) in [5, 5.41) is 8.84. The van der Waals surface area contributed by atoms with Crippen LogP contribution in [-0.4, -0.2) is 40.5 Å². The second-order valence-electron chi connectivity index (χ2n) is 4.20. The largest absolute Gasteiger partial charge is 0.478 e. The molecule has 1 aromatic heterocycles. The van der Waals surface area contributed by atoms with Gasteiger partial charge >= 0.3 is 5.97 Å². The second-order valence-corrected chi connectivity index (χ2v) is 4.20. The van der Waals surface area contributed by atoms with E-state index < -0.39 is 5.97 Å². The van der Waals surface area contributed by atoms with E-state index in [4.69, 9.17) is 5.11 Å². The van der Waals surface area contributed by atoms with Crippen molar-refractivity contribution in [2.75, 3.05) is 13.6 Å².